The summed E-state index contributed by atoms with van der Waals surface area (Å²) in [5.74, 6) is 1.77. The van der Waals surface area contributed by atoms with Gasteiger partial charge in [0.25, 0.3) is 0 Å². The summed E-state index contributed by atoms with van der Waals surface area (Å²) in [6.07, 6.45) is 6.76. The summed E-state index contributed by atoms with van der Waals surface area (Å²) in [5, 5.41) is 1.01. The summed E-state index contributed by atoms with van der Waals surface area (Å²) in [4.78, 5) is 14.1. The Morgan fingerprint density at radius 1 is 1.41 bits per heavy atom. The van der Waals surface area contributed by atoms with Gasteiger partial charge in [-0.15, -0.1) is 0 Å². The molecular weight excluding hydrogens is 278 g/mol. The number of hydrogen-bond donors (Lipinski definition) is 0. The first kappa shape index (κ1) is 15.0. The highest BCUT2D eigenvalue weighted by molar-refractivity contribution is 9.09. The number of likely N-dealkylation sites (tertiary alicyclic amines) is 1. The minimum absolute atomic E-state index is 0.378. The Morgan fingerprint density at radius 3 is 2.76 bits per heavy atom. The van der Waals surface area contributed by atoms with Crippen molar-refractivity contribution in [2.45, 2.75) is 52.4 Å². The smallest absolute Gasteiger partial charge is 0.222 e. The molecule has 2 unspecified atom stereocenters. The SMILES string of the molecule is CCCC1CCC(=O)N(CC(CC)CBr)CC1. The molecule has 0 aromatic rings. The summed E-state index contributed by atoms with van der Waals surface area (Å²) in [5.41, 5.74) is 0. The fourth-order valence-electron chi connectivity index (χ4n) is 2.58. The van der Waals surface area contributed by atoms with Gasteiger partial charge in [0, 0.05) is 24.8 Å². The first-order valence-corrected chi connectivity index (χ1v) is 8.17. The molecule has 0 aromatic carbocycles. The largest absolute Gasteiger partial charge is 0.342 e. The maximum absolute atomic E-state index is 12.0. The van der Waals surface area contributed by atoms with Gasteiger partial charge in [0.1, 0.15) is 0 Å². The maximum Gasteiger partial charge on any atom is 0.222 e. The Bertz CT molecular complexity index is 228. The van der Waals surface area contributed by atoms with Crippen molar-refractivity contribution < 1.29 is 4.79 Å². The van der Waals surface area contributed by atoms with Crippen molar-refractivity contribution in [1.82, 2.24) is 4.90 Å². The van der Waals surface area contributed by atoms with E-state index in [4.69, 9.17) is 0 Å². The number of hydrogen-bond acceptors (Lipinski definition) is 1. The monoisotopic (exact) mass is 303 g/mol. The zero-order valence-electron chi connectivity index (χ0n) is 11.3. The van der Waals surface area contributed by atoms with Crippen LogP contribution in [-0.2, 0) is 4.79 Å². The van der Waals surface area contributed by atoms with Crippen molar-refractivity contribution in [2.75, 3.05) is 18.4 Å². The molecule has 1 fully saturated rings. The lowest BCUT2D eigenvalue weighted by Crippen LogP contribution is -2.35. The third-order valence-corrected chi connectivity index (χ3v) is 4.81. The van der Waals surface area contributed by atoms with E-state index in [2.05, 4.69) is 34.7 Å². The zero-order chi connectivity index (χ0) is 12.7. The van der Waals surface area contributed by atoms with Gasteiger partial charge in [-0.3, -0.25) is 4.79 Å². The summed E-state index contributed by atoms with van der Waals surface area (Å²) >= 11 is 3.54. The van der Waals surface area contributed by atoms with Gasteiger partial charge in [0.15, 0.2) is 0 Å². The molecule has 0 bridgehead atoms. The van der Waals surface area contributed by atoms with Crippen LogP contribution in [0.15, 0.2) is 0 Å². The van der Waals surface area contributed by atoms with Gasteiger partial charge >= 0.3 is 0 Å². The van der Waals surface area contributed by atoms with Gasteiger partial charge in [0.2, 0.25) is 5.91 Å². The Kier molecular flexibility index (Phi) is 7.17. The molecule has 0 spiro atoms. The number of halogens is 1. The highest BCUT2D eigenvalue weighted by atomic mass is 79.9. The average Bonchev–Trinajstić information content (AvgIpc) is 2.51. The predicted octanol–water partition coefficient (Wildman–Crippen LogP) is 3.84. The average molecular weight is 304 g/mol. The van der Waals surface area contributed by atoms with E-state index in [-0.39, 0.29) is 0 Å². The molecule has 0 aromatic heterocycles. The number of carbonyl (C=O) groups excluding carboxylic acids is 1. The van der Waals surface area contributed by atoms with E-state index >= 15 is 0 Å². The number of carbonyl (C=O) groups is 1. The molecule has 2 nitrogen and oxygen atoms in total. The second-order valence-corrected chi connectivity index (χ2v) is 5.90. The van der Waals surface area contributed by atoms with Crippen LogP contribution in [0, 0.1) is 11.8 Å². The van der Waals surface area contributed by atoms with Gasteiger partial charge in [-0.25, -0.2) is 0 Å². The summed E-state index contributed by atoms with van der Waals surface area (Å²) in [7, 11) is 0. The molecule has 1 aliphatic heterocycles. The molecular formula is C14H26BrNO. The van der Waals surface area contributed by atoms with E-state index in [1.54, 1.807) is 0 Å². The number of alkyl halides is 1. The maximum atomic E-state index is 12.0. The van der Waals surface area contributed by atoms with Crippen molar-refractivity contribution in [2.24, 2.45) is 11.8 Å². The molecule has 2 atom stereocenters. The number of nitrogens with zero attached hydrogens (tertiary/aromatic N) is 1. The van der Waals surface area contributed by atoms with Gasteiger partial charge in [0.05, 0.1) is 0 Å². The highest BCUT2D eigenvalue weighted by Crippen LogP contribution is 2.23. The number of rotatable bonds is 6. The number of amides is 1. The quantitative estimate of drug-likeness (QED) is 0.683. The van der Waals surface area contributed by atoms with E-state index in [0.717, 1.165) is 43.6 Å². The van der Waals surface area contributed by atoms with Crippen molar-refractivity contribution in [1.29, 1.82) is 0 Å². The minimum Gasteiger partial charge on any atom is -0.342 e. The van der Waals surface area contributed by atoms with Gasteiger partial charge in [-0.1, -0.05) is 49.0 Å². The summed E-state index contributed by atoms with van der Waals surface area (Å²) in [6, 6.07) is 0. The summed E-state index contributed by atoms with van der Waals surface area (Å²) < 4.78 is 0. The van der Waals surface area contributed by atoms with Crippen LogP contribution in [0.4, 0.5) is 0 Å². The van der Waals surface area contributed by atoms with Crippen molar-refractivity contribution in [3.05, 3.63) is 0 Å². The molecule has 1 amide bonds. The summed E-state index contributed by atoms with van der Waals surface area (Å²) in [6.45, 7) is 6.36. The Balaban J connectivity index is 2.46. The van der Waals surface area contributed by atoms with Crippen LogP contribution in [0.2, 0.25) is 0 Å². The topological polar surface area (TPSA) is 20.3 Å². The molecule has 1 saturated heterocycles. The fraction of sp³-hybridized carbons (Fsp3) is 0.929. The van der Waals surface area contributed by atoms with Crippen molar-refractivity contribution >= 4 is 21.8 Å². The second kappa shape index (κ2) is 8.12. The standard InChI is InChI=1S/C14H26BrNO/c1-3-5-13-6-7-14(17)16(9-8-13)11-12(4-2)10-15/h12-13H,3-11H2,1-2H3. The molecule has 0 saturated carbocycles. The van der Waals surface area contributed by atoms with Crippen LogP contribution in [0.1, 0.15) is 52.4 Å². The van der Waals surface area contributed by atoms with Gasteiger partial charge in [-0.05, 0) is 24.7 Å². The Labute approximate surface area is 114 Å². The third-order valence-electron chi connectivity index (χ3n) is 3.90. The molecule has 17 heavy (non-hydrogen) atoms. The molecule has 1 rings (SSSR count). The van der Waals surface area contributed by atoms with E-state index in [1.165, 1.54) is 19.3 Å². The van der Waals surface area contributed by atoms with Crippen LogP contribution < -0.4 is 0 Å². The van der Waals surface area contributed by atoms with E-state index < -0.39 is 0 Å². The van der Waals surface area contributed by atoms with Gasteiger partial charge < -0.3 is 4.90 Å². The lowest BCUT2D eigenvalue weighted by Gasteiger charge is -2.25. The van der Waals surface area contributed by atoms with Crippen LogP contribution in [0.5, 0.6) is 0 Å². The second-order valence-electron chi connectivity index (χ2n) is 5.25. The molecule has 0 N–H and O–H groups in total. The van der Waals surface area contributed by atoms with E-state index in [0.29, 0.717) is 11.8 Å². The molecule has 3 heteroatoms. The van der Waals surface area contributed by atoms with E-state index in [1.807, 2.05) is 0 Å². The lowest BCUT2D eigenvalue weighted by molar-refractivity contribution is -0.131. The Hall–Kier alpha value is -0.0500. The van der Waals surface area contributed by atoms with E-state index in [9.17, 15) is 4.79 Å². The molecule has 100 valence electrons. The predicted molar refractivity (Wildman–Crippen MR) is 76.4 cm³/mol. The first-order valence-electron chi connectivity index (χ1n) is 7.04. The fourth-order valence-corrected chi connectivity index (χ4v) is 3.24. The third kappa shape index (κ3) is 4.99. The first-order chi connectivity index (χ1) is 8.21. The van der Waals surface area contributed by atoms with Crippen LogP contribution in [0.25, 0.3) is 0 Å². The highest BCUT2D eigenvalue weighted by Gasteiger charge is 2.23. The van der Waals surface area contributed by atoms with Crippen molar-refractivity contribution in [3.8, 4) is 0 Å². The van der Waals surface area contributed by atoms with Gasteiger partial charge in [-0.2, -0.15) is 0 Å². The molecule has 0 radical (unpaired) electrons. The lowest BCUT2D eigenvalue weighted by atomic mass is 9.96. The molecule has 1 heterocycles. The minimum atomic E-state index is 0.378. The Morgan fingerprint density at radius 2 is 2.18 bits per heavy atom. The van der Waals surface area contributed by atoms with Crippen LogP contribution in [-0.4, -0.2) is 29.2 Å². The van der Waals surface area contributed by atoms with Crippen LogP contribution in [0.3, 0.4) is 0 Å². The van der Waals surface area contributed by atoms with Crippen LogP contribution >= 0.6 is 15.9 Å². The normalized spacial score (nSPS) is 23.6. The zero-order valence-corrected chi connectivity index (χ0v) is 12.8. The van der Waals surface area contributed by atoms with Crippen molar-refractivity contribution in [3.63, 3.8) is 0 Å². The molecule has 0 aliphatic carbocycles. The molecule has 1 aliphatic rings.